The molecule has 0 atom stereocenters. The number of hydrogen-bond acceptors (Lipinski definition) is 8. The van der Waals surface area contributed by atoms with E-state index in [1.165, 1.54) is 0 Å². The summed E-state index contributed by atoms with van der Waals surface area (Å²) in [5, 5.41) is 6.15. The van der Waals surface area contributed by atoms with Crippen LogP contribution >= 0.6 is 0 Å². The van der Waals surface area contributed by atoms with Crippen LogP contribution in [0.4, 0.5) is 0 Å². The van der Waals surface area contributed by atoms with Crippen LogP contribution in [0.3, 0.4) is 0 Å². The van der Waals surface area contributed by atoms with Crippen molar-refractivity contribution in [3.05, 3.63) is 0 Å². The molecule has 0 aromatic carbocycles. The Morgan fingerprint density at radius 1 is 0.645 bits per heavy atom. The standard InChI is InChI=1S/C22H46N2O7/c1-4-5-7-24-22(25)6-9-26-11-13-28-15-17-30-19-20-31-18-16-29-14-12-27-10-8-23-21(2)3/h21,23H,4-20H2,1-3H3,(H,24,25). The molecule has 0 bridgehead atoms. The van der Waals surface area contributed by atoms with Gasteiger partial charge in [0.25, 0.3) is 0 Å². The fraction of sp³-hybridized carbons (Fsp3) is 0.955. The number of amides is 1. The smallest absolute Gasteiger partial charge is 0.222 e. The molecule has 0 radical (unpaired) electrons. The molecule has 0 aliphatic heterocycles. The van der Waals surface area contributed by atoms with Crippen molar-refractivity contribution in [1.29, 1.82) is 0 Å². The van der Waals surface area contributed by atoms with Crippen LogP contribution in [0, 0.1) is 0 Å². The molecule has 31 heavy (non-hydrogen) atoms. The SMILES string of the molecule is CCCCNC(=O)CCOCCOCCOCCOCCOCCOCCNC(C)C. The highest BCUT2D eigenvalue weighted by Crippen LogP contribution is 1.88. The average molecular weight is 451 g/mol. The van der Waals surface area contributed by atoms with Gasteiger partial charge < -0.3 is 39.1 Å². The first-order valence-electron chi connectivity index (χ1n) is 11.6. The summed E-state index contributed by atoms with van der Waals surface area (Å²) in [7, 11) is 0. The number of ether oxygens (including phenoxy) is 6. The highest BCUT2D eigenvalue weighted by molar-refractivity contribution is 5.75. The molecule has 0 aliphatic rings. The van der Waals surface area contributed by atoms with Gasteiger partial charge in [-0.05, 0) is 6.42 Å². The number of carbonyl (C=O) groups is 1. The van der Waals surface area contributed by atoms with E-state index in [2.05, 4.69) is 31.4 Å². The van der Waals surface area contributed by atoms with Gasteiger partial charge in [0, 0.05) is 25.6 Å². The maximum absolute atomic E-state index is 11.5. The number of nitrogens with one attached hydrogen (secondary N) is 2. The zero-order valence-corrected chi connectivity index (χ0v) is 20.0. The maximum Gasteiger partial charge on any atom is 0.222 e. The second-order valence-electron chi connectivity index (χ2n) is 7.24. The van der Waals surface area contributed by atoms with Crippen LogP contribution in [-0.4, -0.2) is 104 Å². The quantitative estimate of drug-likeness (QED) is 0.202. The Kier molecular flexibility index (Phi) is 24.8. The molecule has 0 rings (SSSR count). The monoisotopic (exact) mass is 450 g/mol. The van der Waals surface area contributed by atoms with E-state index in [9.17, 15) is 4.79 Å². The van der Waals surface area contributed by atoms with Gasteiger partial charge >= 0.3 is 0 Å². The summed E-state index contributed by atoms with van der Waals surface area (Å²) < 4.78 is 32.5. The van der Waals surface area contributed by atoms with Crippen molar-refractivity contribution in [3.63, 3.8) is 0 Å². The minimum atomic E-state index is 0.0378. The molecule has 0 unspecified atom stereocenters. The summed E-state index contributed by atoms with van der Waals surface area (Å²) in [6.07, 6.45) is 2.48. The van der Waals surface area contributed by atoms with Gasteiger partial charge in [-0.25, -0.2) is 0 Å². The first-order valence-corrected chi connectivity index (χ1v) is 11.6. The van der Waals surface area contributed by atoms with Gasteiger partial charge in [0.1, 0.15) is 0 Å². The summed E-state index contributed by atoms with van der Waals surface area (Å²) in [6, 6.07) is 0.486. The van der Waals surface area contributed by atoms with Crippen LogP contribution in [-0.2, 0) is 33.2 Å². The van der Waals surface area contributed by atoms with Crippen molar-refractivity contribution in [2.45, 2.75) is 46.1 Å². The zero-order chi connectivity index (χ0) is 22.8. The lowest BCUT2D eigenvalue weighted by Gasteiger charge is -2.09. The predicted molar refractivity (Wildman–Crippen MR) is 121 cm³/mol. The number of rotatable bonds is 25. The van der Waals surface area contributed by atoms with E-state index in [1.54, 1.807) is 0 Å². The molecule has 186 valence electrons. The molecule has 9 heteroatoms. The number of carbonyl (C=O) groups excluding carboxylic acids is 1. The van der Waals surface area contributed by atoms with E-state index in [1.807, 2.05) is 0 Å². The zero-order valence-electron chi connectivity index (χ0n) is 20.0. The van der Waals surface area contributed by atoms with Crippen molar-refractivity contribution < 1.29 is 33.2 Å². The molecule has 2 N–H and O–H groups in total. The third-order valence-corrected chi connectivity index (χ3v) is 3.98. The molecule has 0 aromatic rings. The Hall–Kier alpha value is -0.810. The molecule has 0 spiro atoms. The molecule has 0 aromatic heterocycles. The van der Waals surface area contributed by atoms with Crippen molar-refractivity contribution in [1.82, 2.24) is 10.6 Å². The van der Waals surface area contributed by atoms with Crippen LogP contribution < -0.4 is 10.6 Å². The highest BCUT2D eigenvalue weighted by atomic mass is 16.6. The summed E-state index contributed by atoms with van der Waals surface area (Å²) in [5.74, 6) is 0.0378. The molecule has 9 nitrogen and oxygen atoms in total. The van der Waals surface area contributed by atoms with Gasteiger partial charge in [-0.1, -0.05) is 27.2 Å². The molecular weight excluding hydrogens is 404 g/mol. The predicted octanol–water partition coefficient (Wildman–Crippen LogP) is 1.39. The van der Waals surface area contributed by atoms with Gasteiger partial charge in [-0.3, -0.25) is 4.79 Å². The van der Waals surface area contributed by atoms with Crippen LogP contribution in [0.2, 0.25) is 0 Å². The Bertz CT molecular complexity index is 374. The Labute approximate surface area is 188 Å². The van der Waals surface area contributed by atoms with Gasteiger partial charge in [0.2, 0.25) is 5.91 Å². The first-order chi connectivity index (χ1) is 15.2. The third kappa shape index (κ3) is 27.2. The van der Waals surface area contributed by atoms with E-state index in [4.69, 9.17) is 28.4 Å². The van der Waals surface area contributed by atoms with E-state index >= 15 is 0 Å². The molecule has 0 aliphatic carbocycles. The maximum atomic E-state index is 11.5. The number of unbranched alkanes of at least 4 members (excludes halogenated alkanes) is 1. The fourth-order valence-corrected chi connectivity index (χ4v) is 2.28. The van der Waals surface area contributed by atoms with Gasteiger partial charge in [0.05, 0.1) is 79.3 Å². The minimum absolute atomic E-state index is 0.0378. The second-order valence-corrected chi connectivity index (χ2v) is 7.24. The van der Waals surface area contributed by atoms with Crippen molar-refractivity contribution in [3.8, 4) is 0 Å². The molecular formula is C22H46N2O7. The Morgan fingerprint density at radius 3 is 1.48 bits per heavy atom. The Morgan fingerprint density at radius 2 is 1.06 bits per heavy atom. The molecule has 0 saturated heterocycles. The average Bonchev–Trinajstić information content (AvgIpc) is 2.74. The summed E-state index contributed by atoms with van der Waals surface area (Å²) in [5.41, 5.74) is 0. The molecule has 0 heterocycles. The summed E-state index contributed by atoms with van der Waals surface area (Å²) >= 11 is 0. The van der Waals surface area contributed by atoms with Crippen molar-refractivity contribution >= 4 is 5.91 Å². The molecule has 1 amide bonds. The van der Waals surface area contributed by atoms with Crippen LogP contribution in [0.5, 0.6) is 0 Å². The fourth-order valence-electron chi connectivity index (χ4n) is 2.28. The van der Waals surface area contributed by atoms with E-state index in [0.717, 1.165) is 25.9 Å². The van der Waals surface area contributed by atoms with Crippen LogP contribution in [0.1, 0.15) is 40.0 Å². The normalized spacial score (nSPS) is 11.4. The topological polar surface area (TPSA) is 96.5 Å². The van der Waals surface area contributed by atoms with E-state index in [0.29, 0.717) is 91.7 Å². The molecule has 0 saturated carbocycles. The lowest BCUT2D eigenvalue weighted by molar-refractivity contribution is -0.122. The highest BCUT2D eigenvalue weighted by Gasteiger charge is 2.00. The van der Waals surface area contributed by atoms with Gasteiger partial charge in [-0.2, -0.15) is 0 Å². The Balaban J connectivity index is 3.07. The summed E-state index contributed by atoms with van der Waals surface area (Å²) in [4.78, 5) is 11.5. The largest absolute Gasteiger partial charge is 0.379 e. The van der Waals surface area contributed by atoms with Crippen LogP contribution in [0.25, 0.3) is 0 Å². The molecule has 0 fully saturated rings. The second kappa shape index (κ2) is 25.5. The lowest BCUT2D eigenvalue weighted by Crippen LogP contribution is -2.27. The summed E-state index contributed by atoms with van der Waals surface area (Å²) in [6.45, 7) is 14.4. The van der Waals surface area contributed by atoms with E-state index in [-0.39, 0.29) is 5.91 Å². The van der Waals surface area contributed by atoms with Crippen molar-refractivity contribution in [2.75, 3.05) is 92.4 Å². The number of hydrogen-bond donors (Lipinski definition) is 2. The first kappa shape index (κ1) is 30.2. The van der Waals surface area contributed by atoms with Gasteiger partial charge in [0.15, 0.2) is 0 Å². The van der Waals surface area contributed by atoms with Gasteiger partial charge in [-0.15, -0.1) is 0 Å². The third-order valence-electron chi connectivity index (χ3n) is 3.98. The van der Waals surface area contributed by atoms with E-state index < -0.39 is 0 Å². The minimum Gasteiger partial charge on any atom is -0.379 e. The lowest BCUT2D eigenvalue weighted by atomic mass is 10.3. The van der Waals surface area contributed by atoms with Crippen LogP contribution in [0.15, 0.2) is 0 Å². The van der Waals surface area contributed by atoms with Crippen molar-refractivity contribution in [2.24, 2.45) is 0 Å².